The van der Waals surface area contributed by atoms with E-state index in [0.29, 0.717) is 17.9 Å². The minimum absolute atomic E-state index is 0.137. The summed E-state index contributed by atoms with van der Waals surface area (Å²) < 4.78 is 3.45. The largest absolute Gasteiger partial charge is 0.292 e. The molecule has 8 heteroatoms. The normalized spacial score (nSPS) is 19.0. The van der Waals surface area contributed by atoms with Gasteiger partial charge in [-0.3, -0.25) is 10.1 Å². The predicted octanol–water partition coefficient (Wildman–Crippen LogP) is 1.89. The van der Waals surface area contributed by atoms with Crippen molar-refractivity contribution in [1.29, 1.82) is 0 Å². The highest BCUT2D eigenvalue weighted by atomic mass is 16.2. The molecule has 0 bridgehead atoms. The molecular weight excluding hydrogens is 294 g/mol. The molecule has 2 fully saturated rings. The zero-order chi connectivity index (χ0) is 15.6. The standard InChI is InChI=1S/C15H21N7O/c23-14(9-21-8-13(18-20-21)11-6-7-11)17-15-16-10-22(19-15)12-4-2-1-3-5-12/h8,10-12H,1-7,9H2,(H,17,19,23). The summed E-state index contributed by atoms with van der Waals surface area (Å²) in [5.41, 5.74) is 0.984. The third kappa shape index (κ3) is 3.40. The van der Waals surface area contributed by atoms with Crippen LogP contribution in [0, 0.1) is 0 Å². The van der Waals surface area contributed by atoms with Gasteiger partial charge in [-0.15, -0.1) is 10.2 Å². The minimum atomic E-state index is -0.182. The van der Waals surface area contributed by atoms with Crippen LogP contribution in [0.15, 0.2) is 12.5 Å². The number of nitrogens with one attached hydrogen (secondary N) is 1. The summed E-state index contributed by atoms with van der Waals surface area (Å²) in [6, 6.07) is 0.415. The van der Waals surface area contributed by atoms with Crippen LogP contribution in [-0.4, -0.2) is 35.7 Å². The first-order valence-electron chi connectivity index (χ1n) is 8.39. The van der Waals surface area contributed by atoms with E-state index < -0.39 is 0 Å². The Hall–Kier alpha value is -2.25. The average molecular weight is 315 g/mol. The second-order valence-corrected chi connectivity index (χ2v) is 6.50. The Morgan fingerprint density at radius 2 is 2.04 bits per heavy atom. The van der Waals surface area contributed by atoms with Crippen molar-refractivity contribution in [3.8, 4) is 0 Å². The molecule has 2 aliphatic rings. The Balaban J connectivity index is 1.33. The number of anilines is 1. The second kappa shape index (κ2) is 6.10. The first-order valence-corrected chi connectivity index (χ1v) is 8.39. The molecule has 0 saturated heterocycles. The maximum absolute atomic E-state index is 12.1. The number of carbonyl (C=O) groups excluding carboxylic acids is 1. The highest BCUT2D eigenvalue weighted by molar-refractivity contribution is 5.88. The van der Waals surface area contributed by atoms with E-state index in [9.17, 15) is 4.79 Å². The van der Waals surface area contributed by atoms with Gasteiger partial charge in [0.15, 0.2) is 0 Å². The molecule has 0 unspecified atom stereocenters. The molecule has 2 aromatic heterocycles. The second-order valence-electron chi connectivity index (χ2n) is 6.50. The summed E-state index contributed by atoms with van der Waals surface area (Å²) in [5, 5.41) is 15.2. The first-order chi connectivity index (χ1) is 11.3. The fourth-order valence-electron chi connectivity index (χ4n) is 3.12. The van der Waals surface area contributed by atoms with Crippen molar-refractivity contribution in [2.75, 3.05) is 5.32 Å². The van der Waals surface area contributed by atoms with Crippen molar-refractivity contribution in [2.24, 2.45) is 0 Å². The van der Waals surface area contributed by atoms with Crippen LogP contribution >= 0.6 is 0 Å². The Bertz CT molecular complexity index is 682. The molecule has 1 N–H and O–H groups in total. The smallest absolute Gasteiger partial charge is 0.248 e. The third-order valence-corrected chi connectivity index (χ3v) is 4.57. The van der Waals surface area contributed by atoms with Crippen LogP contribution in [0.2, 0.25) is 0 Å². The quantitative estimate of drug-likeness (QED) is 0.910. The van der Waals surface area contributed by atoms with Crippen molar-refractivity contribution in [3.05, 3.63) is 18.2 Å². The molecule has 0 radical (unpaired) electrons. The zero-order valence-electron chi connectivity index (χ0n) is 13.1. The van der Waals surface area contributed by atoms with Crippen molar-refractivity contribution in [2.45, 2.75) is 63.5 Å². The lowest BCUT2D eigenvalue weighted by Gasteiger charge is -2.21. The molecule has 0 atom stereocenters. The fourth-order valence-corrected chi connectivity index (χ4v) is 3.12. The summed E-state index contributed by atoms with van der Waals surface area (Å²) in [6.07, 6.45) is 12.0. The van der Waals surface area contributed by atoms with Gasteiger partial charge in [0.05, 0.1) is 11.7 Å². The highest BCUT2D eigenvalue weighted by Gasteiger charge is 2.26. The van der Waals surface area contributed by atoms with Crippen LogP contribution in [0.25, 0.3) is 0 Å². The monoisotopic (exact) mass is 315 g/mol. The number of carbonyl (C=O) groups is 1. The molecule has 0 aromatic carbocycles. The van der Waals surface area contributed by atoms with Gasteiger partial charge in [-0.25, -0.2) is 14.3 Å². The van der Waals surface area contributed by atoms with Crippen molar-refractivity contribution < 1.29 is 4.79 Å². The van der Waals surface area contributed by atoms with Gasteiger partial charge < -0.3 is 0 Å². The van der Waals surface area contributed by atoms with Gasteiger partial charge in [-0.2, -0.15) is 0 Å². The molecule has 8 nitrogen and oxygen atoms in total. The molecule has 0 aliphatic heterocycles. The maximum atomic E-state index is 12.1. The molecule has 0 spiro atoms. The summed E-state index contributed by atoms with van der Waals surface area (Å²) in [6.45, 7) is 0.137. The van der Waals surface area contributed by atoms with Gasteiger partial charge in [0, 0.05) is 12.1 Å². The van der Waals surface area contributed by atoms with E-state index in [2.05, 4.69) is 25.7 Å². The lowest BCUT2D eigenvalue weighted by Crippen LogP contribution is -2.20. The number of hydrogen-bond donors (Lipinski definition) is 1. The first kappa shape index (κ1) is 14.3. The van der Waals surface area contributed by atoms with Gasteiger partial charge in [0.1, 0.15) is 12.9 Å². The van der Waals surface area contributed by atoms with Gasteiger partial charge >= 0.3 is 0 Å². The topological polar surface area (TPSA) is 90.5 Å². The molecule has 2 saturated carbocycles. The summed E-state index contributed by atoms with van der Waals surface area (Å²) >= 11 is 0. The molecule has 23 heavy (non-hydrogen) atoms. The van der Waals surface area contributed by atoms with Gasteiger partial charge in [-0.1, -0.05) is 24.5 Å². The lowest BCUT2D eigenvalue weighted by atomic mass is 9.96. The molecule has 2 aliphatic carbocycles. The van der Waals surface area contributed by atoms with E-state index in [1.807, 2.05) is 10.9 Å². The molecule has 2 aromatic rings. The van der Waals surface area contributed by atoms with Crippen molar-refractivity contribution in [1.82, 2.24) is 29.8 Å². The Morgan fingerprint density at radius 1 is 1.22 bits per heavy atom. The molecule has 4 rings (SSSR count). The molecule has 122 valence electrons. The van der Waals surface area contributed by atoms with Crippen molar-refractivity contribution in [3.63, 3.8) is 0 Å². The minimum Gasteiger partial charge on any atom is -0.292 e. The van der Waals surface area contributed by atoms with Crippen LogP contribution in [0.1, 0.15) is 62.6 Å². The number of hydrogen-bond acceptors (Lipinski definition) is 5. The van der Waals surface area contributed by atoms with Gasteiger partial charge in [0.2, 0.25) is 11.9 Å². The molecule has 2 heterocycles. The predicted molar refractivity (Wildman–Crippen MR) is 82.8 cm³/mol. The summed E-state index contributed by atoms with van der Waals surface area (Å²) in [4.78, 5) is 16.3. The van der Waals surface area contributed by atoms with Crippen LogP contribution in [0.4, 0.5) is 5.95 Å². The number of amides is 1. The van der Waals surface area contributed by atoms with E-state index in [4.69, 9.17) is 0 Å². The average Bonchev–Trinajstić information content (AvgIpc) is 3.14. The van der Waals surface area contributed by atoms with E-state index in [-0.39, 0.29) is 12.5 Å². The molecular formula is C15H21N7O. The number of aromatic nitrogens is 6. The number of rotatable bonds is 5. The van der Waals surface area contributed by atoms with Crippen molar-refractivity contribution >= 4 is 11.9 Å². The van der Waals surface area contributed by atoms with Crippen LogP contribution in [0.5, 0.6) is 0 Å². The Morgan fingerprint density at radius 3 is 2.83 bits per heavy atom. The van der Waals surface area contributed by atoms with E-state index in [1.165, 1.54) is 32.1 Å². The Labute approximate surface area is 134 Å². The van der Waals surface area contributed by atoms with Crippen LogP contribution in [0.3, 0.4) is 0 Å². The SMILES string of the molecule is O=C(Cn1cc(C2CC2)nn1)Nc1ncn(C2CCCCC2)n1. The summed E-state index contributed by atoms with van der Waals surface area (Å²) in [7, 11) is 0. The van der Waals surface area contributed by atoms with Crippen LogP contribution in [-0.2, 0) is 11.3 Å². The van der Waals surface area contributed by atoms with Gasteiger partial charge in [0.25, 0.3) is 0 Å². The molecule has 1 amide bonds. The maximum Gasteiger partial charge on any atom is 0.248 e. The lowest BCUT2D eigenvalue weighted by molar-refractivity contribution is -0.117. The summed E-state index contributed by atoms with van der Waals surface area (Å²) in [5.74, 6) is 0.724. The van der Waals surface area contributed by atoms with Gasteiger partial charge in [-0.05, 0) is 25.7 Å². The van der Waals surface area contributed by atoms with E-state index in [1.54, 1.807) is 11.0 Å². The Kier molecular flexibility index (Phi) is 3.80. The highest BCUT2D eigenvalue weighted by Crippen LogP contribution is 2.38. The van der Waals surface area contributed by atoms with E-state index in [0.717, 1.165) is 18.5 Å². The zero-order valence-corrected chi connectivity index (χ0v) is 13.1. The number of nitrogens with zero attached hydrogens (tertiary/aromatic N) is 6. The fraction of sp³-hybridized carbons (Fsp3) is 0.667. The van der Waals surface area contributed by atoms with Crippen LogP contribution < -0.4 is 5.32 Å². The third-order valence-electron chi connectivity index (χ3n) is 4.57. The van der Waals surface area contributed by atoms with E-state index >= 15 is 0 Å².